The van der Waals surface area contributed by atoms with Crippen molar-refractivity contribution in [3.63, 3.8) is 0 Å². The van der Waals surface area contributed by atoms with E-state index in [1.165, 1.54) is 12.1 Å². The van der Waals surface area contributed by atoms with E-state index in [-0.39, 0.29) is 24.8 Å². The number of carboxylic acid groups (broad SMARTS) is 1. The van der Waals surface area contributed by atoms with Crippen LogP contribution in [-0.4, -0.2) is 41.0 Å². The molecule has 0 aliphatic carbocycles. The molecule has 0 saturated carbocycles. The van der Waals surface area contributed by atoms with E-state index in [0.717, 1.165) is 19.3 Å². The SMILES string of the molecule is CC(C)CCCC(C)NC[C@@H](O)[C@H](Cc1cccc(F)c1)NC(=O)O. The number of carbonyl (C=O) groups is 1. The summed E-state index contributed by atoms with van der Waals surface area (Å²) in [7, 11) is 0. The molecule has 1 aromatic rings. The summed E-state index contributed by atoms with van der Waals surface area (Å²) in [4.78, 5) is 11.0. The Hall–Kier alpha value is -1.66. The molecular formula is C19H31FN2O3. The normalized spacial score (nSPS) is 15.0. The van der Waals surface area contributed by atoms with Crippen molar-refractivity contribution >= 4 is 6.09 Å². The Labute approximate surface area is 149 Å². The van der Waals surface area contributed by atoms with Crippen LogP contribution in [-0.2, 0) is 6.42 Å². The van der Waals surface area contributed by atoms with Crippen molar-refractivity contribution in [1.82, 2.24) is 10.6 Å². The average molecular weight is 354 g/mol. The van der Waals surface area contributed by atoms with E-state index in [2.05, 4.69) is 31.4 Å². The highest BCUT2D eigenvalue weighted by Crippen LogP contribution is 2.10. The van der Waals surface area contributed by atoms with Gasteiger partial charge in [0.15, 0.2) is 0 Å². The van der Waals surface area contributed by atoms with Crippen LogP contribution in [0.15, 0.2) is 24.3 Å². The molecule has 0 bridgehead atoms. The molecule has 0 aliphatic heterocycles. The molecule has 3 atom stereocenters. The maximum Gasteiger partial charge on any atom is 0.404 e. The first-order chi connectivity index (χ1) is 11.8. The average Bonchev–Trinajstić information content (AvgIpc) is 2.51. The van der Waals surface area contributed by atoms with Gasteiger partial charge in [0.05, 0.1) is 12.1 Å². The lowest BCUT2D eigenvalue weighted by molar-refractivity contribution is 0.115. The van der Waals surface area contributed by atoms with Crippen LogP contribution in [0.3, 0.4) is 0 Å². The van der Waals surface area contributed by atoms with Gasteiger partial charge in [-0.05, 0) is 43.4 Å². The maximum absolute atomic E-state index is 13.3. The van der Waals surface area contributed by atoms with Crippen LogP contribution in [0.4, 0.5) is 9.18 Å². The number of hydrogen-bond donors (Lipinski definition) is 4. The number of halogens is 1. The Balaban J connectivity index is 2.52. The minimum Gasteiger partial charge on any atom is -0.465 e. The fraction of sp³-hybridized carbons (Fsp3) is 0.632. The second kappa shape index (κ2) is 11.1. The van der Waals surface area contributed by atoms with Crippen LogP contribution >= 0.6 is 0 Å². The van der Waals surface area contributed by atoms with E-state index in [0.29, 0.717) is 11.5 Å². The summed E-state index contributed by atoms with van der Waals surface area (Å²) in [6.45, 7) is 6.72. The molecule has 1 amide bonds. The predicted octanol–water partition coefficient (Wildman–Crippen LogP) is 3.17. The molecule has 25 heavy (non-hydrogen) atoms. The van der Waals surface area contributed by atoms with Crippen LogP contribution in [0.2, 0.25) is 0 Å². The highest BCUT2D eigenvalue weighted by atomic mass is 19.1. The Morgan fingerprint density at radius 1 is 1.24 bits per heavy atom. The quantitative estimate of drug-likeness (QED) is 0.492. The zero-order valence-corrected chi connectivity index (χ0v) is 15.3. The van der Waals surface area contributed by atoms with Gasteiger partial charge in [0, 0.05) is 12.6 Å². The van der Waals surface area contributed by atoms with Crippen LogP contribution in [0.5, 0.6) is 0 Å². The van der Waals surface area contributed by atoms with E-state index in [1.807, 2.05) is 0 Å². The third-order valence-electron chi connectivity index (χ3n) is 4.21. The summed E-state index contributed by atoms with van der Waals surface area (Å²) >= 11 is 0. The molecule has 0 aliphatic rings. The lowest BCUT2D eigenvalue weighted by atomic mass is 10.0. The van der Waals surface area contributed by atoms with E-state index < -0.39 is 18.2 Å². The lowest BCUT2D eigenvalue weighted by Gasteiger charge is -2.25. The monoisotopic (exact) mass is 354 g/mol. The number of benzene rings is 1. The van der Waals surface area contributed by atoms with Gasteiger partial charge < -0.3 is 20.8 Å². The molecule has 1 rings (SSSR count). The van der Waals surface area contributed by atoms with Crippen molar-refractivity contribution in [3.05, 3.63) is 35.6 Å². The maximum atomic E-state index is 13.3. The Kier molecular flexibility index (Phi) is 9.45. The molecule has 0 saturated heterocycles. The molecule has 4 N–H and O–H groups in total. The molecule has 1 aromatic carbocycles. The standard InChI is InChI=1S/C19H31FN2O3/c1-13(2)6-4-7-14(3)21-12-18(23)17(22-19(24)25)11-15-8-5-9-16(20)10-15/h5,8-10,13-14,17-18,21-23H,4,6-7,11-12H2,1-3H3,(H,24,25)/t14?,17-,18+/m0/s1. The Morgan fingerprint density at radius 3 is 2.56 bits per heavy atom. The molecule has 5 nitrogen and oxygen atoms in total. The molecule has 0 heterocycles. The number of nitrogens with one attached hydrogen (secondary N) is 2. The summed E-state index contributed by atoms with van der Waals surface area (Å²) in [6.07, 6.45) is 1.41. The second-order valence-corrected chi connectivity index (χ2v) is 7.09. The van der Waals surface area contributed by atoms with Crippen molar-refractivity contribution in [1.29, 1.82) is 0 Å². The summed E-state index contributed by atoms with van der Waals surface area (Å²) in [5.41, 5.74) is 0.641. The fourth-order valence-corrected chi connectivity index (χ4v) is 2.76. The highest BCUT2D eigenvalue weighted by Gasteiger charge is 2.22. The van der Waals surface area contributed by atoms with Gasteiger partial charge in [0.25, 0.3) is 0 Å². The van der Waals surface area contributed by atoms with E-state index in [4.69, 9.17) is 5.11 Å². The van der Waals surface area contributed by atoms with Gasteiger partial charge in [-0.1, -0.05) is 38.8 Å². The molecule has 0 fully saturated rings. The zero-order chi connectivity index (χ0) is 18.8. The van der Waals surface area contributed by atoms with Gasteiger partial charge in [-0.25, -0.2) is 9.18 Å². The van der Waals surface area contributed by atoms with Crippen molar-refractivity contribution in [2.75, 3.05) is 6.54 Å². The molecule has 0 spiro atoms. The summed E-state index contributed by atoms with van der Waals surface area (Å²) in [6, 6.07) is 5.52. The third-order valence-corrected chi connectivity index (χ3v) is 4.21. The van der Waals surface area contributed by atoms with Gasteiger partial charge >= 0.3 is 6.09 Å². The molecule has 6 heteroatoms. The summed E-state index contributed by atoms with van der Waals surface area (Å²) in [5, 5.41) is 24.9. The lowest BCUT2D eigenvalue weighted by Crippen LogP contribution is -2.49. The first kappa shape index (κ1) is 21.4. The van der Waals surface area contributed by atoms with Crippen LogP contribution < -0.4 is 10.6 Å². The summed E-state index contributed by atoms with van der Waals surface area (Å²) < 4.78 is 13.3. The van der Waals surface area contributed by atoms with Gasteiger partial charge in [-0.15, -0.1) is 0 Å². The van der Waals surface area contributed by atoms with E-state index >= 15 is 0 Å². The van der Waals surface area contributed by atoms with Crippen molar-refractivity contribution in [2.45, 2.75) is 64.6 Å². The molecule has 0 radical (unpaired) electrons. The van der Waals surface area contributed by atoms with Crippen LogP contribution in [0, 0.1) is 11.7 Å². The molecule has 142 valence electrons. The number of hydrogen-bond acceptors (Lipinski definition) is 3. The first-order valence-corrected chi connectivity index (χ1v) is 8.93. The summed E-state index contributed by atoms with van der Waals surface area (Å²) in [5.74, 6) is 0.297. The van der Waals surface area contributed by atoms with Crippen LogP contribution in [0.25, 0.3) is 0 Å². The minimum atomic E-state index is -1.20. The third kappa shape index (κ3) is 9.41. The minimum absolute atomic E-state index is 0.231. The molecular weight excluding hydrogens is 323 g/mol. The number of aliphatic hydroxyl groups excluding tert-OH is 1. The Morgan fingerprint density at radius 2 is 1.96 bits per heavy atom. The van der Waals surface area contributed by atoms with Crippen molar-refractivity contribution < 1.29 is 19.4 Å². The smallest absolute Gasteiger partial charge is 0.404 e. The second-order valence-electron chi connectivity index (χ2n) is 7.09. The van der Waals surface area contributed by atoms with Gasteiger partial charge in [0.1, 0.15) is 5.82 Å². The number of rotatable bonds is 11. The fourth-order valence-electron chi connectivity index (χ4n) is 2.76. The van der Waals surface area contributed by atoms with Crippen molar-refractivity contribution in [2.24, 2.45) is 5.92 Å². The van der Waals surface area contributed by atoms with E-state index in [9.17, 15) is 14.3 Å². The van der Waals surface area contributed by atoms with Gasteiger partial charge in [-0.3, -0.25) is 0 Å². The predicted molar refractivity (Wildman–Crippen MR) is 97.2 cm³/mol. The van der Waals surface area contributed by atoms with Gasteiger partial charge in [-0.2, -0.15) is 0 Å². The molecule has 1 unspecified atom stereocenters. The highest BCUT2D eigenvalue weighted by molar-refractivity contribution is 5.65. The van der Waals surface area contributed by atoms with E-state index in [1.54, 1.807) is 12.1 Å². The first-order valence-electron chi connectivity index (χ1n) is 8.93. The Bertz CT molecular complexity index is 525. The number of amides is 1. The zero-order valence-electron chi connectivity index (χ0n) is 15.3. The van der Waals surface area contributed by atoms with Crippen molar-refractivity contribution in [3.8, 4) is 0 Å². The number of aliphatic hydroxyl groups is 1. The largest absolute Gasteiger partial charge is 0.465 e. The van der Waals surface area contributed by atoms with Gasteiger partial charge in [0.2, 0.25) is 0 Å². The van der Waals surface area contributed by atoms with Crippen LogP contribution in [0.1, 0.15) is 45.6 Å². The molecule has 0 aromatic heterocycles. The topological polar surface area (TPSA) is 81.6 Å².